The number of hydrogen-bond donors (Lipinski definition) is 0. The number of carbonyl (C=O) groups is 1. The minimum atomic E-state index is -0.243. The Bertz CT molecular complexity index is 1090. The van der Waals surface area contributed by atoms with Crippen molar-refractivity contribution in [2.45, 2.75) is 45.1 Å². The van der Waals surface area contributed by atoms with Crippen molar-refractivity contribution < 1.29 is 14.3 Å². The lowest BCUT2D eigenvalue weighted by molar-refractivity contribution is -0.140. The van der Waals surface area contributed by atoms with Crippen LogP contribution < -0.4 is 10.4 Å². The molecular formula is C21H23N5O4. The lowest BCUT2D eigenvalue weighted by Crippen LogP contribution is -2.24. The summed E-state index contributed by atoms with van der Waals surface area (Å²) < 4.78 is 13.4. The van der Waals surface area contributed by atoms with E-state index in [0.29, 0.717) is 31.0 Å². The highest BCUT2D eigenvalue weighted by Gasteiger charge is 2.17. The summed E-state index contributed by atoms with van der Waals surface area (Å²) in [6.07, 6.45) is 6.36. The van der Waals surface area contributed by atoms with Crippen LogP contribution >= 0.6 is 0 Å². The summed E-state index contributed by atoms with van der Waals surface area (Å²) in [6.45, 7) is 0.685. The van der Waals surface area contributed by atoms with E-state index in [0.717, 1.165) is 37.1 Å². The third-order valence-electron chi connectivity index (χ3n) is 5.03. The molecule has 2 aromatic heterocycles. The maximum absolute atomic E-state index is 12.7. The van der Waals surface area contributed by atoms with Crippen molar-refractivity contribution in [3.8, 4) is 17.6 Å². The van der Waals surface area contributed by atoms with Gasteiger partial charge in [-0.2, -0.15) is 9.67 Å². The number of fused-ring (bicyclic) bond motifs is 1. The second kappa shape index (κ2) is 8.89. The molecule has 0 spiro atoms. The number of benzene rings is 1. The number of methoxy groups -OCH3 is 1. The first kappa shape index (κ1) is 19.8. The van der Waals surface area contributed by atoms with E-state index >= 15 is 0 Å². The van der Waals surface area contributed by atoms with E-state index in [2.05, 4.69) is 19.8 Å². The molecule has 0 saturated carbocycles. The van der Waals surface area contributed by atoms with Gasteiger partial charge in [0.2, 0.25) is 0 Å². The summed E-state index contributed by atoms with van der Waals surface area (Å²) in [5.41, 5.74) is 0.806. The Morgan fingerprint density at radius 2 is 1.97 bits per heavy atom. The first-order chi connectivity index (χ1) is 14.6. The van der Waals surface area contributed by atoms with Crippen molar-refractivity contribution in [1.82, 2.24) is 24.3 Å². The molecule has 0 N–H and O–H groups in total. The second-order valence-electron chi connectivity index (χ2n) is 7.09. The number of rotatable bonds is 6. The van der Waals surface area contributed by atoms with E-state index in [-0.39, 0.29) is 17.7 Å². The Morgan fingerprint density at radius 1 is 1.13 bits per heavy atom. The molecule has 4 rings (SSSR count). The van der Waals surface area contributed by atoms with E-state index in [9.17, 15) is 9.59 Å². The van der Waals surface area contributed by atoms with Crippen molar-refractivity contribution in [2.75, 3.05) is 7.11 Å². The number of aromatic nitrogens is 5. The highest BCUT2D eigenvalue weighted by Crippen LogP contribution is 2.20. The van der Waals surface area contributed by atoms with Crippen molar-refractivity contribution in [2.24, 2.45) is 0 Å². The molecule has 0 fully saturated rings. The Balaban J connectivity index is 1.49. The average Bonchev–Trinajstić information content (AvgIpc) is 2.93. The number of ether oxygens (including phenoxy) is 2. The zero-order valence-electron chi connectivity index (χ0n) is 16.8. The highest BCUT2D eigenvalue weighted by molar-refractivity contribution is 5.69. The SMILES string of the molecule is COC(=O)CCc1ccc(Oc2nccc(-n3nc4n(c3=O)CCCCC4)n2)cc1. The lowest BCUT2D eigenvalue weighted by Gasteiger charge is -2.06. The molecule has 30 heavy (non-hydrogen) atoms. The van der Waals surface area contributed by atoms with Crippen molar-refractivity contribution in [3.63, 3.8) is 0 Å². The van der Waals surface area contributed by atoms with Gasteiger partial charge in [-0.25, -0.2) is 9.78 Å². The van der Waals surface area contributed by atoms with Crippen LogP contribution in [0.1, 0.15) is 37.1 Å². The Hall–Kier alpha value is -3.49. The molecule has 0 unspecified atom stereocenters. The second-order valence-corrected chi connectivity index (χ2v) is 7.09. The molecule has 0 saturated heterocycles. The molecule has 1 aliphatic rings. The summed E-state index contributed by atoms with van der Waals surface area (Å²) in [5.74, 6) is 1.48. The van der Waals surface area contributed by atoms with Crippen LogP contribution in [0, 0.1) is 0 Å². The van der Waals surface area contributed by atoms with Gasteiger partial charge in [0.05, 0.1) is 7.11 Å². The molecule has 156 valence electrons. The van der Waals surface area contributed by atoms with Gasteiger partial charge in [-0.05, 0) is 37.0 Å². The van der Waals surface area contributed by atoms with Crippen LogP contribution in [0.4, 0.5) is 0 Å². The summed E-state index contributed by atoms with van der Waals surface area (Å²) in [4.78, 5) is 32.5. The van der Waals surface area contributed by atoms with Crippen molar-refractivity contribution >= 4 is 5.97 Å². The Kier molecular flexibility index (Phi) is 5.87. The minimum absolute atomic E-state index is 0.130. The summed E-state index contributed by atoms with van der Waals surface area (Å²) in [5, 5.41) is 4.47. The zero-order valence-corrected chi connectivity index (χ0v) is 16.8. The van der Waals surface area contributed by atoms with E-state index in [1.54, 1.807) is 29.0 Å². The number of aryl methyl sites for hydroxylation is 2. The molecule has 0 atom stereocenters. The molecule has 3 aromatic rings. The number of esters is 1. The predicted molar refractivity (Wildman–Crippen MR) is 108 cm³/mol. The summed E-state index contributed by atoms with van der Waals surface area (Å²) in [7, 11) is 1.38. The number of carbonyl (C=O) groups excluding carboxylic acids is 1. The zero-order chi connectivity index (χ0) is 20.9. The van der Waals surface area contributed by atoms with Gasteiger partial charge in [0.25, 0.3) is 0 Å². The van der Waals surface area contributed by atoms with Crippen LogP contribution in [0.2, 0.25) is 0 Å². The third-order valence-corrected chi connectivity index (χ3v) is 5.03. The van der Waals surface area contributed by atoms with Crippen LogP contribution in [0.15, 0.2) is 41.3 Å². The van der Waals surface area contributed by atoms with E-state index in [4.69, 9.17) is 4.74 Å². The number of nitrogens with zero attached hydrogens (tertiary/aromatic N) is 5. The summed E-state index contributed by atoms with van der Waals surface area (Å²) >= 11 is 0. The van der Waals surface area contributed by atoms with Crippen molar-refractivity contribution in [1.29, 1.82) is 0 Å². The quantitative estimate of drug-likeness (QED) is 0.576. The lowest BCUT2D eigenvalue weighted by atomic mass is 10.1. The minimum Gasteiger partial charge on any atom is -0.469 e. The van der Waals surface area contributed by atoms with Gasteiger partial charge in [-0.15, -0.1) is 5.10 Å². The Morgan fingerprint density at radius 3 is 2.77 bits per heavy atom. The van der Waals surface area contributed by atoms with Gasteiger partial charge in [0.1, 0.15) is 11.6 Å². The fourth-order valence-electron chi connectivity index (χ4n) is 3.40. The molecule has 3 heterocycles. The average molecular weight is 409 g/mol. The van der Waals surface area contributed by atoms with Gasteiger partial charge < -0.3 is 9.47 Å². The molecule has 1 aromatic carbocycles. The van der Waals surface area contributed by atoms with Crippen LogP contribution in [0.5, 0.6) is 11.8 Å². The first-order valence-electron chi connectivity index (χ1n) is 10.00. The van der Waals surface area contributed by atoms with E-state index in [1.165, 1.54) is 11.8 Å². The maximum atomic E-state index is 12.7. The monoisotopic (exact) mass is 409 g/mol. The summed E-state index contributed by atoms with van der Waals surface area (Å²) in [6, 6.07) is 9.08. The van der Waals surface area contributed by atoms with E-state index in [1.807, 2.05) is 12.1 Å². The fraction of sp³-hybridized carbons (Fsp3) is 0.381. The van der Waals surface area contributed by atoms with Gasteiger partial charge in [0.15, 0.2) is 5.82 Å². The maximum Gasteiger partial charge on any atom is 0.352 e. The molecule has 9 heteroatoms. The molecule has 0 amide bonds. The number of hydrogen-bond acceptors (Lipinski definition) is 7. The topological polar surface area (TPSA) is 101 Å². The van der Waals surface area contributed by atoms with Crippen LogP contribution in [0.3, 0.4) is 0 Å². The largest absolute Gasteiger partial charge is 0.469 e. The molecule has 0 aliphatic carbocycles. The van der Waals surface area contributed by atoms with E-state index < -0.39 is 0 Å². The third kappa shape index (κ3) is 4.40. The Labute approximate surface area is 173 Å². The fourth-order valence-corrected chi connectivity index (χ4v) is 3.40. The van der Waals surface area contributed by atoms with Crippen LogP contribution in [0.25, 0.3) is 5.82 Å². The van der Waals surface area contributed by atoms with Gasteiger partial charge in [-0.1, -0.05) is 18.6 Å². The standard InChI is InChI=1S/C21H23N5O4/c1-29-19(27)11-8-15-6-9-16(10-7-15)30-20-22-13-12-17(23-20)26-21(28)25-14-4-2-3-5-18(25)24-26/h6-7,9-10,12-13H,2-5,8,11,14H2,1H3. The molecule has 9 nitrogen and oxygen atoms in total. The predicted octanol–water partition coefficient (Wildman–Crippen LogP) is 2.45. The van der Waals surface area contributed by atoms with Crippen LogP contribution in [-0.2, 0) is 28.9 Å². The van der Waals surface area contributed by atoms with Crippen LogP contribution in [-0.4, -0.2) is 37.4 Å². The van der Waals surface area contributed by atoms with Crippen molar-refractivity contribution in [3.05, 3.63) is 58.4 Å². The van der Waals surface area contributed by atoms with Gasteiger partial charge >= 0.3 is 17.7 Å². The molecule has 1 aliphatic heterocycles. The molecular weight excluding hydrogens is 386 g/mol. The molecule has 0 radical (unpaired) electrons. The smallest absolute Gasteiger partial charge is 0.352 e. The first-order valence-corrected chi connectivity index (χ1v) is 10.00. The van der Waals surface area contributed by atoms with Gasteiger partial charge in [-0.3, -0.25) is 9.36 Å². The molecule has 0 bridgehead atoms. The highest BCUT2D eigenvalue weighted by atomic mass is 16.5. The van der Waals surface area contributed by atoms with Gasteiger partial charge in [0, 0.05) is 31.6 Å². The normalized spacial score (nSPS) is 13.4.